The van der Waals surface area contributed by atoms with Gasteiger partial charge in [-0.15, -0.1) is 0 Å². The molecule has 1 aliphatic carbocycles. The van der Waals surface area contributed by atoms with E-state index in [9.17, 15) is 4.79 Å². The van der Waals surface area contributed by atoms with Gasteiger partial charge >= 0.3 is 0 Å². The molecule has 1 aliphatic rings. The summed E-state index contributed by atoms with van der Waals surface area (Å²) in [6.45, 7) is 5.87. The number of rotatable bonds is 5. The van der Waals surface area contributed by atoms with Gasteiger partial charge in [0.05, 0.1) is 0 Å². The maximum atomic E-state index is 11.9. The first-order valence-electron chi connectivity index (χ1n) is 7.95. The van der Waals surface area contributed by atoms with Gasteiger partial charge in [0.1, 0.15) is 5.82 Å². The number of aromatic nitrogens is 1. The number of halogens is 1. The van der Waals surface area contributed by atoms with Crippen molar-refractivity contribution in [2.24, 2.45) is 5.92 Å². The molecule has 0 unspecified atom stereocenters. The van der Waals surface area contributed by atoms with Crippen LogP contribution in [0.5, 0.6) is 0 Å². The minimum absolute atomic E-state index is 0.0491. The van der Waals surface area contributed by atoms with Gasteiger partial charge in [-0.1, -0.05) is 42.5 Å². The van der Waals surface area contributed by atoms with E-state index in [1.807, 2.05) is 43.3 Å². The lowest BCUT2D eigenvalue weighted by Crippen LogP contribution is -2.14. The molecule has 0 atom stereocenters. The van der Waals surface area contributed by atoms with Crippen molar-refractivity contribution in [3.8, 4) is 0 Å². The normalized spacial score (nSPS) is 14.3. The van der Waals surface area contributed by atoms with E-state index in [-0.39, 0.29) is 11.8 Å². The van der Waals surface area contributed by atoms with Crippen molar-refractivity contribution in [3.05, 3.63) is 64.8 Å². The van der Waals surface area contributed by atoms with E-state index in [0.717, 1.165) is 35.1 Å². The molecule has 4 heteroatoms. The van der Waals surface area contributed by atoms with E-state index in [2.05, 4.69) is 16.9 Å². The lowest BCUT2D eigenvalue weighted by Gasteiger charge is -2.09. The minimum atomic E-state index is 0.0491. The first-order chi connectivity index (χ1) is 11.6. The number of pyridine rings is 1. The second kappa shape index (κ2) is 7.02. The molecule has 0 saturated heterocycles. The predicted molar refractivity (Wildman–Crippen MR) is 101 cm³/mol. The van der Waals surface area contributed by atoms with Gasteiger partial charge in [0.25, 0.3) is 0 Å². The molecule has 3 nitrogen and oxygen atoms in total. The highest BCUT2D eigenvalue weighted by Crippen LogP contribution is 2.30. The van der Waals surface area contributed by atoms with Gasteiger partial charge in [-0.25, -0.2) is 4.98 Å². The molecule has 0 radical (unpaired) electrons. The van der Waals surface area contributed by atoms with Crippen molar-refractivity contribution in [1.29, 1.82) is 0 Å². The SMILES string of the molecule is C=Cc1cc(NC(=O)C2CC2)ncc1/C=C(\C)c1ccccc1Cl. The third-order valence-corrected chi connectivity index (χ3v) is 4.39. The quantitative estimate of drug-likeness (QED) is 0.805. The molecule has 1 aromatic carbocycles. The van der Waals surface area contributed by atoms with Crippen LogP contribution in [-0.2, 0) is 4.79 Å². The topological polar surface area (TPSA) is 42.0 Å². The van der Waals surface area contributed by atoms with Gasteiger partial charge in [-0.2, -0.15) is 0 Å². The summed E-state index contributed by atoms with van der Waals surface area (Å²) in [6.07, 6.45) is 7.48. The van der Waals surface area contributed by atoms with Crippen LogP contribution in [0.15, 0.2) is 43.1 Å². The van der Waals surface area contributed by atoms with Crippen molar-refractivity contribution in [3.63, 3.8) is 0 Å². The molecule has 24 heavy (non-hydrogen) atoms. The van der Waals surface area contributed by atoms with Gasteiger partial charge in [0, 0.05) is 22.7 Å². The monoisotopic (exact) mass is 338 g/mol. The number of hydrogen-bond acceptors (Lipinski definition) is 2. The molecule has 0 bridgehead atoms. The number of nitrogens with one attached hydrogen (secondary N) is 1. The molecule has 1 saturated carbocycles. The second-order valence-corrected chi connectivity index (χ2v) is 6.38. The molecule has 1 fully saturated rings. The zero-order valence-electron chi connectivity index (χ0n) is 13.6. The Labute approximate surface area is 147 Å². The van der Waals surface area contributed by atoms with Crippen LogP contribution in [-0.4, -0.2) is 10.9 Å². The number of benzene rings is 1. The van der Waals surface area contributed by atoms with Crippen molar-refractivity contribution in [2.45, 2.75) is 19.8 Å². The highest BCUT2D eigenvalue weighted by Gasteiger charge is 2.29. The van der Waals surface area contributed by atoms with Crippen LogP contribution in [0.25, 0.3) is 17.7 Å². The van der Waals surface area contributed by atoms with E-state index in [1.54, 1.807) is 12.3 Å². The summed E-state index contributed by atoms with van der Waals surface area (Å²) < 4.78 is 0. The maximum Gasteiger partial charge on any atom is 0.228 e. The number of allylic oxidation sites excluding steroid dienone is 1. The van der Waals surface area contributed by atoms with Gasteiger partial charge < -0.3 is 5.32 Å². The second-order valence-electron chi connectivity index (χ2n) is 5.97. The number of amides is 1. The Balaban J connectivity index is 1.87. The highest BCUT2D eigenvalue weighted by molar-refractivity contribution is 6.32. The van der Waals surface area contributed by atoms with E-state index < -0.39 is 0 Å². The number of hydrogen-bond donors (Lipinski definition) is 1. The first-order valence-corrected chi connectivity index (χ1v) is 8.33. The predicted octanol–water partition coefficient (Wildman–Crippen LogP) is 5.29. The lowest BCUT2D eigenvalue weighted by atomic mass is 10.0. The third-order valence-electron chi connectivity index (χ3n) is 4.06. The van der Waals surface area contributed by atoms with Crippen LogP contribution in [0.4, 0.5) is 5.82 Å². The largest absolute Gasteiger partial charge is 0.310 e. The van der Waals surface area contributed by atoms with E-state index in [0.29, 0.717) is 10.8 Å². The molecule has 1 aromatic heterocycles. The highest BCUT2D eigenvalue weighted by atomic mass is 35.5. The van der Waals surface area contributed by atoms with Gasteiger partial charge in [-0.05, 0) is 54.7 Å². The molecule has 2 aromatic rings. The Hall–Kier alpha value is -2.39. The van der Waals surface area contributed by atoms with E-state index in [1.165, 1.54) is 0 Å². The van der Waals surface area contributed by atoms with Crippen LogP contribution in [0.1, 0.15) is 36.5 Å². The van der Waals surface area contributed by atoms with Gasteiger partial charge in [0.15, 0.2) is 0 Å². The fourth-order valence-electron chi connectivity index (χ4n) is 2.51. The van der Waals surface area contributed by atoms with Crippen molar-refractivity contribution in [2.75, 3.05) is 5.32 Å². The van der Waals surface area contributed by atoms with Crippen LogP contribution in [0.3, 0.4) is 0 Å². The Bertz CT molecular complexity index is 822. The standard InChI is InChI=1S/C20H19ClN2O/c1-3-14-11-19(23-20(24)15-8-9-15)22-12-16(14)10-13(2)17-6-4-5-7-18(17)21/h3-7,10-12,15H,1,8-9H2,2H3,(H,22,23,24)/b13-10+. The Morgan fingerprint density at radius 1 is 1.33 bits per heavy atom. The average Bonchev–Trinajstić information content (AvgIpc) is 3.41. The molecular formula is C20H19ClN2O. The maximum absolute atomic E-state index is 11.9. The molecular weight excluding hydrogens is 320 g/mol. The molecule has 1 amide bonds. The summed E-state index contributed by atoms with van der Waals surface area (Å²) in [5, 5.41) is 3.58. The van der Waals surface area contributed by atoms with Crippen LogP contribution in [0.2, 0.25) is 5.02 Å². The summed E-state index contributed by atoms with van der Waals surface area (Å²) in [6, 6.07) is 9.57. The smallest absolute Gasteiger partial charge is 0.228 e. The number of anilines is 1. The Kier molecular flexibility index (Phi) is 4.81. The molecule has 1 heterocycles. The Morgan fingerprint density at radius 2 is 2.08 bits per heavy atom. The molecule has 0 aliphatic heterocycles. The van der Waals surface area contributed by atoms with Crippen LogP contribution in [0, 0.1) is 5.92 Å². The zero-order valence-corrected chi connectivity index (χ0v) is 14.3. The average molecular weight is 339 g/mol. The summed E-state index contributed by atoms with van der Waals surface area (Å²) >= 11 is 6.25. The van der Waals surface area contributed by atoms with Crippen LogP contribution < -0.4 is 5.32 Å². The Morgan fingerprint density at radius 3 is 2.75 bits per heavy atom. The van der Waals surface area contributed by atoms with Crippen molar-refractivity contribution >= 4 is 41.1 Å². The minimum Gasteiger partial charge on any atom is -0.310 e. The summed E-state index contributed by atoms with van der Waals surface area (Å²) in [5.74, 6) is 0.767. The van der Waals surface area contributed by atoms with Gasteiger partial charge in [0.2, 0.25) is 5.91 Å². The summed E-state index contributed by atoms with van der Waals surface area (Å²) in [4.78, 5) is 16.2. The number of nitrogens with zero attached hydrogens (tertiary/aromatic N) is 1. The van der Waals surface area contributed by atoms with Gasteiger partial charge in [-0.3, -0.25) is 4.79 Å². The lowest BCUT2D eigenvalue weighted by molar-refractivity contribution is -0.117. The van der Waals surface area contributed by atoms with Crippen molar-refractivity contribution < 1.29 is 4.79 Å². The zero-order chi connectivity index (χ0) is 17.1. The van der Waals surface area contributed by atoms with E-state index >= 15 is 0 Å². The molecule has 3 rings (SSSR count). The van der Waals surface area contributed by atoms with Crippen molar-refractivity contribution in [1.82, 2.24) is 4.98 Å². The summed E-state index contributed by atoms with van der Waals surface area (Å²) in [5.41, 5.74) is 3.88. The third kappa shape index (κ3) is 3.74. The fraction of sp³-hybridized carbons (Fsp3) is 0.200. The van der Waals surface area contributed by atoms with Crippen LogP contribution >= 0.6 is 11.6 Å². The summed E-state index contributed by atoms with van der Waals surface area (Å²) in [7, 11) is 0. The first kappa shape index (κ1) is 16.5. The molecule has 0 spiro atoms. The molecule has 122 valence electrons. The number of carbonyl (C=O) groups is 1. The fourth-order valence-corrected chi connectivity index (χ4v) is 2.80. The van der Waals surface area contributed by atoms with E-state index in [4.69, 9.17) is 11.6 Å². The molecule has 1 N–H and O–H groups in total. The number of carbonyl (C=O) groups excluding carboxylic acids is 1.